The van der Waals surface area contributed by atoms with Gasteiger partial charge in [-0.25, -0.2) is 0 Å². The van der Waals surface area contributed by atoms with E-state index < -0.39 is 24.4 Å². The molecule has 1 heterocycles. The molecular formula is C9H17NO5. The Bertz CT molecular complexity index is 223. The lowest BCUT2D eigenvalue weighted by Crippen LogP contribution is -2.57. The predicted molar refractivity (Wildman–Crippen MR) is 51.1 cm³/mol. The lowest BCUT2D eigenvalue weighted by Gasteiger charge is -2.31. The van der Waals surface area contributed by atoms with Crippen LogP contribution in [0.1, 0.15) is 13.3 Å². The fourth-order valence-corrected chi connectivity index (χ4v) is 1.46. The van der Waals surface area contributed by atoms with E-state index in [4.69, 9.17) is 4.74 Å². The van der Waals surface area contributed by atoms with Crippen LogP contribution in [0.5, 0.6) is 0 Å². The zero-order valence-electron chi connectivity index (χ0n) is 8.59. The second-order valence-electron chi connectivity index (χ2n) is 3.65. The number of amides is 1. The molecule has 0 bridgehead atoms. The predicted octanol–water partition coefficient (Wildman–Crippen LogP) is -2.01. The van der Waals surface area contributed by atoms with Crippen LogP contribution in [0.15, 0.2) is 0 Å². The van der Waals surface area contributed by atoms with Crippen LogP contribution in [0.25, 0.3) is 0 Å². The first-order valence-electron chi connectivity index (χ1n) is 4.97. The summed E-state index contributed by atoms with van der Waals surface area (Å²) in [6.45, 7) is 1.80. The molecule has 1 amide bonds. The molecule has 0 aromatic heterocycles. The first kappa shape index (κ1) is 12.4. The normalized spacial score (nSPS) is 28.0. The first-order chi connectivity index (χ1) is 7.06. The van der Waals surface area contributed by atoms with E-state index in [2.05, 4.69) is 5.32 Å². The van der Waals surface area contributed by atoms with E-state index in [0.29, 0.717) is 6.42 Å². The van der Waals surface area contributed by atoms with E-state index in [1.54, 1.807) is 6.92 Å². The summed E-state index contributed by atoms with van der Waals surface area (Å²) in [5, 5.41) is 31.0. The highest BCUT2D eigenvalue weighted by Gasteiger charge is 2.33. The van der Waals surface area contributed by atoms with Gasteiger partial charge in [-0.15, -0.1) is 0 Å². The van der Waals surface area contributed by atoms with E-state index in [9.17, 15) is 20.1 Å². The summed E-state index contributed by atoms with van der Waals surface area (Å²) in [7, 11) is 0. The SMILES string of the molecule is CC[C@@H](O)[C@H](O)[C@H](O)[C@@H]1COCC(=O)N1. The summed E-state index contributed by atoms with van der Waals surface area (Å²) in [4.78, 5) is 10.9. The van der Waals surface area contributed by atoms with Crippen molar-refractivity contribution in [2.45, 2.75) is 37.7 Å². The minimum Gasteiger partial charge on any atom is -0.390 e. The Morgan fingerprint density at radius 1 is 1.53 bits per heavy atom. The summed E-state index contributed by atoms with van der Waals surface area (Å²) in [5.41, 5.74) is 0. The first-order valence-corrected chi connectivity index (χ1v) is 4.97. The summed E-state index contributed by atoms with van der Waals surface area (Å²) < 4.78 is 4.91. The van der Waals surface area contributed by atoms with Crippen molar-refractivity contribution in [3.05, 3.63) is 0 Å². The van der Waals surface area contributed by atoms with Crippen molar-refractivity contribution in [2.24, 2.45) is 0 Å². The van der Waals surface area contributed by atoms with E-state index in [0.717, 1.165) is 0 Å². The van der Waals surface area contributed by atoms with Gasteiger partial charge in [-0.3, -0.25) is 4.79 Å². The molecule has 1 saturated heterocycles. The number of hydrogen-bond donors (Lipinski definition) is 4. The van der Waals surface area contributed by atoms with E-state index >= 15 is 0 Å². The maximum Gasteiger partial charge on any atom is 0.246 e. The molecule has 1 aliphatic heterocycles. The number of carbonyl (C=O) groups excluding carboxylic acids is 1. The van der Waals surface area contributed by atoms with Gasteiger partial charge in [0, 0.05) is 0 Å². The summed E-state index contributed by atoms with van der Waals surface area (Å²) in [6.07, 6.45) is -3.16. The lowest BCUT2D eigenvalue weighted by atomic mass is 9.99. The smallest absolute Gasteiger partial charge is 0.246 e. The average Bonchev–Trinajstić information content (AvgIpc) is 2.26. The molecule has 0 saturated carbocycles. The lowest BCUT2D eigenvalue weighted by molar-refractivity contribution is -0.139. The number of carbonyl (C=O) groups is 1. The van der Waals surface area contributed by atoms with Gasteiger partial charge < -0.3 is 25.4 Å². The van der Waals surface area contributed by atoms with Crippen LogP contribution in [0.2, 0.25) is 0 Å². The maximum atomic E-state index is 10.9. The van der Waals surface area contributed by atoms with Gasteiger partial charge in [0.05, 0.1) is 18.8 Å². The largest absolute Gasteiger partial charge is 0.390 e. The number of morpholine rings is 1. The number of hydrogen-bond acceptors (Lipinski definition) is 5. The van der Waals surface area contributed by atoms with E-state index in [-0.39, 0.29) is 19.1 Å². The molecule has 0 aromatic rings. The number of aliphatic hydroxyl groups is 3. The molecule has 6 heteroatoms. The average molecular weight is 219 g/mol. The van der Waals surface area contributed by atoms with Gasteiger partial charge in [-0.1, -0.05) is 6.92 Å². The topological polar surface area (TPSA) is 99.0 Å². The zero-order valence-corrected chi connectivity index (χ0v) is 8.59. The molecule has 4 atom stereocenters. The Labute approximate surface area is 87.9 Å². The van der Waals surface area contributed by atoms with Crippen molar-refractivity contribution in [3.8, 4) is 0 Å². The van der Waals surface area contributed by atoms with Gasteiger partial charge in [-0.05, 0) is 6.42 Å². The minimum atomic E-state index is -1.28. The van der Waals surface area contributed by atoms with Crippen LogP contribution in [0.4, 0.5) is 0 Å². The highest BCUT2D eigenvalue weighted by Crippen LogP contribution is 2.09. The molecular weight excluding hydrogens is 202 g/mol. The summed E-state index contributed by atoms with van der Waals surface area (Å²) >= 11 is 0. The zero-order chi connectivity index (χ0) is 11.4. The standard InChI is InChI=1S/C9H17NO5/c1-2-6(11)9(14)8(13)5-3-15-4-7(12)10-5/h5-6,8-9,11,13-14H,2-4H2,1H3,(H,10,12)/t5-,6+,8+,9-/m0/s1. The van der Waals surface area contributed by atoms with Gasteiger partial charge in [0.25, 0.3) is 0 Å². The molecule has 0 unspecified atom stereocenters. The number of aliphatic hydroxyl groups excluding tert-OH is 3. The molecule has 0 spiro atoms. The Kier molecular flexibility index (Phi) is 4.46. The van der Waals surface area contributed by atoms with Gasteiger partial charge in [0.15, 0.2) is 0 Å². The number of rotatable bonds is 4. The second-order valence-corrected chi connectivity index (χ2v) is 3.65. The van der Waals surface area contributed by atoms with Crippen molar-refractivity contribution >= 4 is 5.91 Å². The number of nitrogens with one attached hydrogen (secondary N) is 1. The van der Waals surface area contributed by atoms with Crippen molar-refractivity contribution in [3.63, 3.8) is 0 Å². The monoisotopic (exact) mass is 219 g/mol. The summed E-state index contributed by atoms with van der Waals surface area (Å²) in [6, 6.07) is -0.664. The van der Waals surface area contributed by atoms with Crippen molar-refractivity contribution in [1.82, 2.24) is 5.32 Å². The van der Waals surface area contributed by atoms with Gasteiger partial charge in [0.1, 0.15) is 18.8 Å². The molecule has 6 nitrogen and oxygen atoms in total. The molecule has 88 valence electrons. The van der Waals surface area contributed by atoms with Crippen LogP contribution in [-0.2, 0) is 9.53 Å². The fourth-order valence-electron chi connectivity index (χ4n) is 1.46. The molecule has 1 fully saturated rings. The van der Waals surface area contributed by atoms with Crippen molar-refractivity contribution < 1.29 is 24.9 Å². The molecule has 1 aliphatic rings. The molecule has 4 N–H and O–H groups in total. The highest BCUT2D eigenvalue weighted by molar-refractivity contribution is 5.78. The third-order valence-corrected chi connectivity index (χ3v) is 2.45. The quantitative estimate of drug-likeness (QED) is 0.438. The van der Waals surface area contributed by atoms with Crippen LogP contribution < -0.4 is 5.32 Å². The molecule has 0 aromatic carbocycles. The maximum absolute atomic E-state index is 10.9. The molecule has 1 rings (SSSR count). The van der Waals surface area contributed by atoms with Crippen LogP contribution in [0.3, 0.4) is 0 Å². The third-order valence-electron chi connectivity index (χ3n) is 2.45. The van der Waals surface area contributed by atoms with Gasteiger partial charge in [0.2, 0.25) is 5.91 Å². The summed E-state index contributed by atoms with van der Waals surface area (Å²) in [5.74, 6) is -0.330. The van der Waals surface area contributed by atoms with Crippen LogP contribution in [-0.4, -0.2) is 58.8 Å². The molecule has 0 radical (unpaired) electrons. The van der Waals surface area contributed by atoms with Crippen LogP contribution >= 0.6 is 0 Å². The Morgan fingerprint density at radius 2 is 2.20 bits per heavy atom. The molecule has 0 aliphatic carbocycles. The van der Waals surface area contributed by atoms with Gasteiger partial charge in [-0.2, -0.15) is 0 Å². The van der Waals surface area contributed by atoms with E-state index in [1.165, 1.54) is 0 Å². The highest BCUT2D eigenvalue weighted by atomic mass is 16.5. The Balaban J connectivity index is 2.51. The van der Waals surface area contributed by atoms with Gasteiger partial charge >= 0.3 is 0 Å². The van der Waals surface area contributed by atoms with E-state index in [1.807, 2.05) is 0 Å². The molecule has 15 heavy (non-hydrogen) atoms. The van der Waals surface area contributed by atoms with Crippen molar-refractivity contribution in [1.29, 1.82) is 0 Å². The fraction of sp³-hybridized carbons (Fsp3) is 0.889. The Morgan fingerprint density at radius 3 is 2.73 bits per heavy atom. The number of ether oxygens (including phenoxy) is 1. The second kappa shape index (κ2) is 5.41. The van der Waals surface area contributed by atoms with Crippen molar-refractivity contribution in [2.75, 3.05) is 13.2 Å². The minimum absolute atomic E-state index is 0.0321. The Hall–Kier alpha value is -0.690. The van der Waals surface area contributed by atoms with Crippen LogP contribution in [0, 0.1) is 0 Å². The third kappa shape index (κ3) is 3.13.